The standard InChI is InChI=1S/C15H18ClN3S/c1-11(8-9-12-6-4-3-5-7-12)17-14-10-13(16)18-15(19-14)20-2/h3-7,10-11H,8-9H2,1-2H3,(H,17,18,19). The second-order valence-electron chi connectivity index (χ2n) is 4.63. The molecule has 3 nitrogen and oxygen atoms in total. The highest BCUT2D eigenvalue weighted by molar-refractivity contribution is 7.98. The van der Waals surface area contributed by atoms with Crippen LogP contribution in [-0.4, -0.2) is 22.3 Å². The van der Waals surface area contributed by atoms with Crippen molar-refractivity contribution < 1.29 is 0 Å². The Morgan fingerprint density at radius 1 is 1.25 bits per heavy atom. The Hall–Kier alpha value is -1.26. The number of nitrogens with zero attached hydrogens (tertiary/aromatic N) is 2. The first-order valence-corrected chi connectivity index (χ1v) is 8.16. The third-order valence-electron chi connectivity index (χ3n) is 2.96. The molecule has 0 radical (unpaired) electrons. The van der Waals surface area contributed by atoms with Crippen LogP contribution in [0.1, 0.15) is 18.9 Å². The topological polar surface area (TPSA) is 37.8 Å². The molecule has 0 saturated carbocycles. The molecule has 1 N–H and O–H groups in total. The zero-order chi connectivity index (χ0) is 14.4. The number of halogens is 1. The summed E-state index contributed by atoms with van der Waals surface area (Å²) >= 11 is 7.47. The Morgan fingerprint density at radius 2 is 2.00 bits per heavy atom. The number of benzene rings is 1. The van der Waals surface area contributed by atoms with Crippen LogP contribution < -0.4 is 5.32 Å². The highest BCUT2D eigenvalue weighted by Crippen LogP contribution is 2.18. The van der Waals surface area contributed by atoms with E-state index < -0.39 is 0 Å². The number of anilines is 1. The number of hydrogen-bond acceptors (Lipinski definition) is 4. The first-order chi connectivity index (χ1) is 9.67. The van der Waals surface area contributed by atoms with Crippen LogP contribution in [0.15, 0.2) is 41.6 Å². The van der Waals surface area contributed by atoms with Gasteiger partial charge in [-0.3, -0.25) is 0 Å². The van der Waals surface area contributed by atoms with Crippen molar-refractivity contribution >= 4 is 29.2 Å². The van der Waals surface area contributed by atoms with Crippen molar-refractivity contribution in [2.24, 2.45) is 0 Å². The number of rotatable bonds is 6. The summed E-state index contributed by atoms with van der Waals surface area (Å²) in [6.07, 6.45) is 4.03. The number of aromatic nitrogens is 2. The van der Waals surface area contributed by atoms with E-state index in [2.05, 4.69) is 46.5 Å². The van der Waals surface area contributed by atoms with E-state index in [1.807, 2.05) is 12.3 Å². The van der Waals surface area contributed by atoms with E-state index in [9.17, 15) is 0 Å². The fourth-order valence-electron chi connectivity index (χ4n) is 1.91. The first-order valence-electron chi connectivity index (χ1n) is 6.56. The number of aryl methyl sites for hydroxylation is 1. The number of hydrogen-bond donors (Lipinski definition) is 1. The Bertz CT molecular complexity index is 548. The van der Waals surface area contributed by atoms with E-state index >= 15 is 0 Å². The van der Waals surface area contributed by atoms with Crippen molar-refractivity contribution in [3.8, 4) is 0 Å². The summed E-state index contributed by atoms with van der Waals surface area (Å²) in [5.74, 6) is 0.787. The van der Waals surface area contributed by atoms with Gasteiger partial charge in [-0.05, 0) is 31.6 Å². The molecule has 1 unspecified atom stereocenters. The molecule has 20 heavy (non-hydrogen) atoms. The van der Waals surface area contributed by atoms with Crippen LogP contribution in [0.4, 0.5) is 5.82 Å². The molecule has 0 fully saturated rings. The molecule has 0 amide bonds. The molecular weight excluding hydrogens is 290 g/mol. The lowest BCUT2D eigenvalue weighted by molar-refractivity contribution is 0.700. The molecule has 0 aliphatic carbocycles. The Labute approximate surface area is 129 Å². The number of nitrogens with one attached hydrogen (secondary N) is 1. The minimum Gasteiger partial charge on any atom is -0.367 e. The molecule has 0 spiro atoms. The van der Waals surface area contributed by atoms with Crippen LogP contribution in [0.3, 0.4) is 0 Å². The van der Waals surface area contributed by atoms with E-state index in [1.54, 1.807) is 6.07 Å². The highest BCUT2D eigenvalue weighted by atomic mass is 35.5. The normalized spacial score (nSPS) is 12.2. The molecule has 1 aromatic heterocycles. The van der Waals surface area contributed by atoms with Gasteiger partial charge in [-0.2, -0.15) is 0 Å². The maximum absolute atomic E-state index is 5.98. The lowest BCUT2D eigenvalue weighted by atomic mass is 10.1. The summed E-state index contributed by atoms with van der Waals surface area (Å²) in [5.41, 5.74) is 1.35. The van der Waals surface area contributed by atoms with Crippen LogP contribution in [0, 0.1) is 0 Å². The lowest BCUT2D eigenvalue weighted by Gasteiger charge is -2.15. The fourth-order valence-corrected chi connectivity index (χ4v) is 2.53. The summed E-state index contributed by atoms with van der Waals surface area (Å²) in [4.78, 5) is 8.53. The quantitative estimate of drug-likeness (QED) is 0.491. The maximum atomic E-state index is 5.98. The SMILES string of the molecule is CSc1nc(Cl)cc(NC(C)CCc2ccccc2)n1. The lowest BCUT2D eigenvalue weighted by Crippen LogP contribution is -2.17. The van der Waals surface area contributed by atoms with Crippen molar-refractivity contribution in [2.75, 3.05) is 11.6 Å². The predicted octanol–water partition coefficient (Wildman–Crippen LogP) is 4.29. The van der Waals surface area contributed by atoms with Gasteiger partial charge in [0.25, 0.3) is 0 Å². The van der Waals surface area contributed by atoms with Crippen molar-refractivity contribution in [3.63, 3.8) is 0 Å². The second kappa shape index (κ2) is 7.50. The van der Waals surface area contributed by atoms with Crippen molar-refractivity contribution in [3.05, 3.63) is 47.1 Å². The predicted molar refractivity (Wildman–Crippen MR) is 86.7 cm³/mol. The number of thioether (sulfide) groups is 1. The molecule has 0 bridgehead atoms. The summed E-state index contributed by atoms with van der Waals surface area (Å²) in [6.45, 7) is 2.15. The van der Waals surface area contributed by atoms with Crippen molar-refractivity contribution in [2.45, 2.75) is 31.0 Å². The molecule has 0 saturated heterocycles. The van der Waals surface area contributed by atoms with Gasteiger partial charge in [0, 0.05) is 12.1 Å². The third-order valence-corrected chi connectivity index (χ3v) is 3.70. The molecule has 1 heterocycles. The average molecular weight is 308 g/mol. The minimum absolute atomic E-state index is 0.330. The molecule has 1 atom stereocenters. The molecular formula is C15H18ClN3S. The average Bonchev–Trinajstić information content (AvgIpc) is 2.45. The van der Waals surface area contributed by atoms with Gasteiger partial charge in [-0.1, -0.05) is 53.7 Å². The minimum atomic E-state index is 0.330. The zero-order valence-corrected chi connectivity index (χ0v) is 13.2. The molecule has 2 rings (SSSR count). The third kappa shape index (κ3) is 4.69. The molecule has 0 aliphatic rings. The highest BCUT2D eigenvalue weighted by Gasteiger charge is 2.06. The van der Waals surface area contributed by atoms with E-state index in [-0.39, 0.29) is 0 Å². The van der Waals surface area contributed by atoms with E-state index in [1.165, 1.54) is 17.3 Å². The largest absolute Gasteiger partial charge is 0.367 e. The summed E-state index contributed by atoms with van der Waals surface area (Å²) < 4.78 is 0. The zero-order valence-electron chi connectivity index (χ0n) is 11.6. The van der Waals surface area contributed by atoms with Crippen LogP contribution >= 0.6 is 23.4 Å². The van der Waals surface area contributed by atoms with Gasteiger partial charge in [0.15, 0.2) is 5.16 Å². The van der Waals surface area contributed by atoms with Gasteiger partial charge in [0.05, 0.1) is 0 Å². The molecule has 5 heteroatoms. The summed E-state index contributed by atoms with van der Waals surface area (Å²) in [7, 11) is 0. The Balaban J connectivity index is 1.91. The Kier molecular flexibility index (Phi) is 5.68. The maximum Gasteiger partial charge on any atom is 0.190 e. The van der Waals surface area contributed by atoms with Crippen LogP contribution in [0.2, 0.25) is 5.15 Å². The van der Waals surface area contributed by atoms with Gasteiger partial charge in [-0.25, -0.2) is 9.97 Å². The van der Waals surface area contributed by atoms with Gasteiger partial charge < -0.3 is 5.32 Å². The Morgan fingerprint density at radius 3 is 2.70 bits per heavy atom. The van der Waals surface area contributed by atoms with E-state index in [0.717, 1.165) is 18.7 Å². The van der Waals surface area contributed by atoms with Crippen molar-refractivity contribution in [1.29, 1.82) is 0 Å². The van der Waals surface area contributed by atoms with Gasteiger partial charge in [0.2, 0.25) is 0 Å². The van der Waals surface area contributed by atoms with Crippen LogP contribution in [-0.2, 0) is 6.42 Å². The van der Waals surface area contributed by atoms with Crippen LogP contribution in [0.5, 0.6) is 0 Å². The van der Waals surface area contributed by atoms with Gasteiger partial charge in [-0.15, -0.1) is 0 Å². The van der Waals surface area contributed by atoms with Crippen molar-refractivity contribution in [1.82, 2.24) is 9.97 Å². The molecule has 2 aromatic rings. The second-order valence-corrected chi connectivity index (χ2v) is 5.79. The van der Waals surface area contributed by atoms with E-state index in [4.69, 9.17) is 11.6 Å². The monoisotopic (exact) mass is 307 g/mol. The molecule has 0 aliphatic heterocycles. The molecule has 106 valence electrons. The first kappa shape index (κ1) is 15.1. The smallest absolute Gasteiger partial charge is 0.190 e. The van der Waals surface area contributed by atoms with E-state index in [0.29, 0.717) is 16.4 Å². The summed E-state index contributed by atoms with van der Waals surface area (Å²) in [6, 6.07) is 12.6. The van der Waals surface area contributed by atoms with Gasteiger partial charge in [0.1, 0.15) is 11.0 Å². The molecule has 1 aromatic carbocycles. The van der Waals surface area contributed by atoms with Gasteiger partial charge >= 0.3 is 0 Å². The fraction of sp³-hybridized carbons (Fsp3) is 0.333. The summed E-state index contributed by atoms with van der Waals surface area (Å²) in [5, 5.41) is 4.54. The van der Waals surface area contributed by atoms with Crippen LogP contribution in [0.25, 0.3) is 0 Å².